The van der Waals surface area contributed by atoms with Gasteiger partial charge in [0.25, 0.3) is 0 Å². The van der Waals surface area contributed by atoms with Crippen LogP contribution in [0.4, 0.5) is 0 Å². The van der Waals surface area contributed by atoms with Crippen molar-refractivity contribution < 1.29 is 14.3 Å². The molecule has 1 aromatic carbocycles. The summed E-state index contributed by atoms with van der Waals surface area (Å²) in [5, 5.41) is 0. The second kappa shape index (κ2) is 5.01. The van der Waals surface area contributed by atoms with Crippen molar-refractivity contribution in [3.05, 3.63) is 24.3 Å². The SMILES string of the molecule is COc1cccc(OC(=O)CC(C)(C)C)c1. The number of ether oxygens (including phenoxy) is 2. The summed E-state index contributed by atoms with van der Waals surface area (Å²) in [4.78, 5) is 11.6. The second-order valence-corrected chi connectivity index (χ2v) is 4.89. The predicted molar refractivity (Wildman–Crippen MR) is 62.7 cm³/mol. The zero-order valence-electron chi connectivity index (χ0n) is 10.2. The van der Waals surface area contributed by atoms with E-state index < -0.39 is 0 Å². The van der Waals surface area contributed by atoms with Crippen molar-refractivity contribution in [3.63, 3.8) is 0 Å². The first kappa shape index (κ1) is 12.6. The molecule has 0 aliphatic heterocycles. The van der Waals surface area contributed by atoms with E-state index >= 15 is 0 Å². The zero-order chi connectivity index (χ0) is 12.2. The number of rotatable bonds is 3. The topological polar surface area (TPSA) is 35.5 Å². The van der Waals surface area contributed by atoms with Crippen molar-refractivity contribution in [3.8, 4) is 11.5 Å². The lowest BCUT2D eigenvalue weighted by Crippen LogP contribution is -2.17. The molecule has 0 bridgehead atoms. The summed E-state index contributed by atoms with van der Waals surface area (Å²) in [6.07, 6.45) is 0.393. The molecular formula is C13H18O3. The van der Waals surface area contributed by atoms with Crippen molar-refractivity contribution in [1.29, 1.82) is 0 Å². The predicted octanol–water partition coefficient (Wildman–Crippen LogP) is 3.04. The maximum atomic E-state index is 11.6. The molecule has 0 aliphatic rings. The maximum Gasteiger partial charge on any atom is 0.311 e. The van der Waals surface area contributed by atoms with Crippen LogP contribution < -0.4 is 9.47 Å². The Balaban J connectivity index is 2.62. The molecule has 0 spiro atoms. The van der Waals surface area contributed by atoms with Crippen LogP contribution in [-0.2, 0) is 4.79 Å². The van der Waals surface area contributed by atoms with Gasteiger partial charge in [-0.1, -0.05) is 26.8 Å². The standard InChI is InChI=1S/C13H18O3/c1-13(2,3)9-12(14)16-11-7-5-6-10(8-11)15-4/h5-8H,9H2,1-4H3. The Labute approximate surface area is 96.4 Å². The zero-order valence-corrected chi connectivity index (χ0v) is 10.2. The Morgan fingerprint density at radius 1 is 1.25 bits per heavy atom. The molecule has 88 valence electrons. The molecule has 3 heteroatoms. The van der Waals surface area contributed by atoms with Crippen LogP contribution in [0.1, 0.15) is 27.2 Å². The summed E-state index contributed by atoms with van der Waals surface area (Å²) < 4.78 is 10.3. The third-order valence-electron chi connectivity index (χ3n) is 1.95. The van der Waals surface area contributed by atoms with Crippen LogP contribution in [0.5, 0.6) is 11.5 Å². The third-order valence-corrected chi connectivity index (χ3v) is 1.95. The summed E-state index contributed by atoms with van der Waals surface area (Å²) >= 11 is 0. The molecule has 0 unspecified atom stereocenters. The number of esters is 1. The molecule has 0 amide bonds. The average molecular weight is 222 g/mol. The fourth-order valence-corrected chi connectivity index (χ4v) is 1.27. The second-order valence-electron chi connectivity index (χ2n) is 4.89. The van der Waals surface area contributed by atoms with Gasteiger partial charge in [-0.3, -0.25) is 4.79 Å². The van der Waals surface area contributed by atoms with Gasteiger partial charge >= 0.3 is 5.97 Å². The van der Waals surface area contributed by atoms with Gasteiger partial charge in [-0.25, -0.2) is 0 Å². The molecule has 16 heavy (non-hydrogen) atoms. The minimum Gasteiger partial charge on any atom is -0.497 e. The highest BCUT2D eigenvalue weighted by atomic mass is 16.5. The minimum absolute atomic E-state index is 0.0596. The first-order valence-electron chi connectivity index (χ1n) is 5.25. The molecule has 0 saturated carbocycles. The Hall–Kier alpha value is -1.51. The molecule has 1 rings (SSSR count). The molecule has 0 aromatic heterocycles. The fourth-order valence-electron chi connectivity index (χ4n) is 1.27. The van der Waals surface area contributed by atoms with E-state index in [9.17, 15) is 4.79 Å². The van der Waals surface area contributed by atoms with Crippen LogP contribution in [-0.4, -0.2) is 13.1 Å². The smallest absolute Gasteiger partial charge is 0.311 e. The first-order chi connectivity index (χ1) is 7.40. The van der Waals surface area contributed by atoms with Crippen molar-refractivity contribution >= 4 is 5.97 Å². The molecule has 0 fully saturated rings. The molecule has 0 heterocycles. The van der Waals surface area contributed by atoms with Crippen molar-refractivity contribution in [2.24, 2.45) is 5.41 Å². The molecule has 0 atom stereocenters. The van der Waals surface area contributed by atoms with Gasteiger partial charge in [0.05, 0.1) is 13.5 Å². The van der Waals surface area contributed by atoms with Crippen molar-refractivity contribution in [1.82, 2.24) is 0 Å². The van der Waals surface area contributed by atoms with Crippen LogP contribution in [0.3, 0.4) is 0 Å². The summed E-state index contributed by atoms with van der Waals surface area (Å²) in [7, 11) is 1.58. The molecule has 3 nitrogen and oxygen atoms in total. The summed E-state index contributed by atoms with van der Waals surface area (Å²) in [5.74, 6) is 0.982. The molecule has 0 radical (unpaired) electrons. The highest BCUT2D eigenvalue weighted by Gasteiger charge is 2.17. The lowest BCUT2D eigenvalue weighted by atomic mass is 9.92. The highest BCUT2D eigenvalue weighted by Crippen LogP contribution is 2.22. The van der Waals surface area contributed by atoms with Gasteiger partial charge in [-0.15, -0.1) is 0 Å². The number of carbonyl (C=O) groups excluding carboxylic acids is 1. The van der Waals surface area contributed by atoms with Crippen LogP contribution in [0.15, 0.2) is 24.3 Å². The third kappa shape index (κ3) is 4.34. The van der Waals surface area contributed by atoms with E-state index in [-0.39, 0.29) is 11.4 Å². The van der Waals surface area contributed by atoms with Gasteiger partial charge in [0.2, 0.25) is 0 Å². The number of hydrogen-bond donors (Lipinski definition) is 0. The largest absolute Gasteiger partial charge is 0.497 e. The maximum absolute atomic E-state index is 11.6. The van der Waals surface area contributed by atoms with Gasteiger partial charge in [-0.2, -0.15) is 0 Å². The van der Waals surface area contributed by atoms with E-state index in [4.69, 9.17) is 9.47 Å². The van der Waals surface area contributed by atoms with Gasteiger partial charge in [-0.05, 0) is 17.5 Å². The normalized spacial score (nSPS) is 11.0. The van der Waals surface area contributed by atoms with Crippen LogP contribution >= 0.6 is 0 Å². The van der Waals surface area contributed by atoms with Crippen molar-refractivity contribution in [2.45, 2.75) is 27.2 Å². The van der Waals surface area contributed by atoms with E-state index in [1.54, 1.807) is 31.4 Å². The monoisotopic (exact) mass is 222 g/mol. The lowest BCUT2D eigenvalue weighted by molar-refractivity contribution is -0.136. The first-order valence-corrected chi connectivity index (χ1v) is 5.25. The molecule has 1 aromatic rings. The average Bonchev–Trinajstić information content (AvgIpc) is 2.15. The van der Waals surface area contributed by atoms with Crippen molar-refractivity contribution in [2.75, 3.05) is 7.11 Å². The Morgan fingerprint density at radius 2 is 1.88 bits per heavy atom. The fraction of sp³-hybridized carbons (Fsp3) is 0.462. The van der Waals surface area contributed by atoms with E-state index in [0.717, 1.165) is 0 Å². The molecule has 0 saturated heterocycles. The van der Waals surface area contributed by atoms with E-state index in [1.165, 1.54) is 0 Å². The number of methoxy groups -OCH3 is 1. The van der Waals surface area contributed by atoms with Gasteiger partial charge in [0.1, 0.15) is 11.5 Å². The van der Waals surface area contributed by atoms with Gasteiger partial charge in [0, 0.05) is 6.07 Å². The van der Waals surface area contributed by atoms with Gasteiger partial charge < -0.3 is 9.47 Å². The quantitative estimate of drug-likeness (QED) is 0.582. The molecule has 0 aliphatic carbocycles. The van der Waals surface area contributed by atoms with Crippen LogP contribution in [0.2, 0.25) is 0 Å². The summed E-state index contributed by atoms with van der Waals surface area (Å²) in [5.41, 5.74) is -0.0596. The number of benzene rings is 1. The minimum atomic E-state index is -0.222. The lowest BCUT2D eigenvalue weighted by Gasteiger charge is -2.16. The molecular weight excluding hydrogens is 204 g/mol. The Morgan fingerprint density at radius 3 is 2.44 bits per heavy atom. The summed E-state index contributed by atoms with van der Waals surface area (Å²) in [6.45, 7) is 6.00. The Kier molecular flexibility index (Phi) is 3.93. The van der Waals surface area contributed by atoms with Gasteiger partial charge in [0.15, 0.2) is 0 Å². The van der Waals surface area contributed by atoms with Crippen LogP contribution in [0, 0.1) is 5.41 Å². The number of hydrogen-bond acceptors (Lipinski definition) is 3. The molecule has 0 N–H and O–H groups in total. The van der Waals surface area contributed by atoms with E-state index in [2.05, 4.69) is 0 Å². The van der Waals surface area contributed by atoms with E-state index in [1.807, 2.05) is 20.8 Å². The number of carbonyl (C=O) groups is 1. The Bertz CT molecular complexity index is 364. The summed E-state index contributed by atoms with van der Waals surface area (Å²) in [6, 6.07) is 7.03. The van der Waals surface area contributed by atoms with E-state index in [0.29, 0.717) is 17.9 Å². The highest BCUT2D eigenvalue weighted by molar-refractivity contribution is 5.73. The van der Waals surface area contributed by atoms with Crippen LogP contribution in [0.25, 0.3) is 0 Å².